The summed E-state index contributed by atoms with van der Waals surface area (Å²) in [6.45, 7) is 20.8. The van der Waals surface area contributed by atoms with Crippen LogP contribution < -0.4 is 20.1 Å². The molecule has 0 aliphatic carbocycles. The number of hydrogen-bond acceptors (Lipinski definition) is 8. The average Bonchev–Trinajstić information content (AvgIpc) is 2.93. The first-order valence-electron chi connectivity index (χ1n) is 15.7. The molecule has 0 saturated carbocycles. The second kappa shape index (κ2) is 17.3. The number of likely N-dealkylation sites (tertiary alicyclic amines) is 1. The van der Waals surface area contributed by atoms with Crippen molar-refractivity contribution in [3.63, 3.8) is 0 Å². The highest BCUT2D eigenvalue weighted by Gasteiger charge is 2.38. The summed E-state index contributed by atoms with van der Waals surface area (Å²) >= 11 is 11.4. The van der Waals surface area contributed by atoms with Crippen LogP contribution in [0.2, 0.25) is 10.0 Å². The van der Waals surface area contributed by atoms with Crippen molar-refractivity contribution in [2.45, 2.75) is 97.1 Å². The lowest BCUT2D eigenvalue weighted by atomic mass is 9.85. The Balaban J connectivity index is 2.28. The van der Waals surface area contributed by atoms with Crippen molar-refractivity contribution in [1.29, 1.82) is 0 Å². The van der Waals surface area contributed by atoms with Crippen molar-refractivity contribution in [3.8, 4) is 5.75 Å². The molecule has 0 unspecified atom stereocenters. The summed E-state index contributed by atoms with van der Waals surface area (Å²) in [7, 11) is 0. The van der Waals surface area contributed by atoms with Crippen LogP contribution in [0.25, 0.3) is 0 Å². The monoisotopic (exact) mass is 718 g/mol. The van der Waals surface area contributed by atoms with E-state index in [1.54, 1.807) is 64.7 Å². The Morgan fingerprint density at radius 3 is 1.89 bits per heavy atom. The van der Waals surface area contributed by atoms with Gasteiger partial charge in [0.1, 0.15) is 28.3 Å². The zero-order valence-corrected chi connectivity index (χ0v) is 31.4. The Bertz CT molecular complexity index is 1210. The Kier molecular flexibility index (Phi) is 15.0. The Morgan fingerprint density at radius 1 is 0.957 bits per heavy atom. The summed E-state index contributed by atoms with van der Waals surface area (Å²) in [5, 5.41) is 5.99. The zero-order valence-electron chi connectivity index (χ0n) is 29.1. The Hall–Kier alpha value is -2.38. The average molecular weight is 720 g/mol. The van der Waals surface area contributed by atoms with E-state index in [0.717, 1.165) is 0 Å². The standard InChI is InChI=1S/C33H52Cl2N4O7S/c1-11-16-44-26-18-25(35)24(34)17-23(26)27(38-47(43)33(8,9)10)21-12-14-39(15-13-21)28(40)22(19-36-29(41)45-31(2,3)4)20-37-30(42)46-32(5,6)7/h11,17-18,21-22,27,38H,1,12-16,19-20H2,2-10H3,(H,36,41)(H,37,42)/t27-,47+/m1/s1. The second-order valence-corrected chi connectivity index (χ2v) is 17.3. The van der Waals surface area contributed by atoms with Gasteiger partial charge in [0.15, 0.2) is 0 Å². The van der Waals surface area contributed by atoms with E-state index in [2.05, 4.69) is 21.9 Å². The molecule has 1 aromatic rings. The predicted molar refractivity (Wildman–Crippen MR) is 187 cm³/mol. The van der Waals surface area contributed by atoms with Crippen molar-refractivity contribution in [2.75, 3.05) is 32.8 Å². The number of piperidine rings is 1. The molecule has 2 atom stereocenters. The number of benzene rings is 1. The van der Waals surface area contributed by atoms with E-state index in [-0.39, 0.29) is 31.5 Å². The van der Waals surface area contributed by atoms with Gasteiger partial charge in [-0.1, -0.05) is 35.9 Å². The largest absolute Gasteiger partial charge is 0.598 e. The maximum Gasteiger partial charge on any atom is 0.407 e. The molecule has 3 N–H and O–H groups in total. The van der Waals surface area contributed by atoms with Crippen LogP contribution >= 0.6 is 23.2 Å². The molecule has 266 valence electrons. The number of halogens is 2. The lowest BCUT2D eigenvalue weighted by molar-refractivity contribution is -0.136. The first-order chi connectivity index (χ1) is 21.6. The summed E-state index contributed by atoms with van der Waals surface area (Å²) in [6.07, 6.45) is 1.43. The number of carbonyl (C=O) groups is 3. The molecule has 1 heterocycles. The van der Waals surface area contributed by atoms with Gasteiger partial charge in [-0.25, -0.2) is 9.59 Å². The van der Waals surface area contributed by atoms with E-state index in [1.165, 1.54) is 0 Å². The van der Waals surface area contributed by atoms with Crippen molar-refractivity contribution < 1.29 is 33.1 Å². The Labute approximate surface area is 293 Å². The molecular weight excluding hydrogens is 667 g/mol. The van der Waals surface area contributed by atoms with Gasteiger partial charge >= 0.3 is 12.2 Å². The molecule has 1 fully saturated rings. The van der Waals surface area contributed by atoms with Gasteiger partial charge in [-0.3, -0.25) is 4.79 Å². The van der Waals surface area contributed by atoms with E-state index in [4.69, 9.17) is 37.4 Å². The molecule has 0 bridgehead atoms. The third-order valence-electron chi connectivity index (χ3n) is 6.99. The predicted octanol–water partition coefficient (Wildman–Crippen LogP) is 6.56. The molecule has 11 nitrogen and oxygen atoms in total. The lowest BCUT2D eigenvalue weighted by Gasteiger charge is -2.39. The fraction of sp³-hybridized carbons (Fsp3) is 0.667. The van der Waals surface area contributed by atoms with Gasteiger partial charge in [0.25, 0.3) is 0 Å². The van der Waals surface area contributed by atoms with Crippen LogP contribution in [0, 0.1) is 11.8 Å². The molecule has 0 spiro atoms. The number of carbonyl (C=O) groups excluding carboxylic acids is 3. The fourth-order valence-electron chi connectivity index (χ4n) is 4.77. The first-order valence-corrected chi connectivity index (χ1v) is 17.6. The molecule has 1 aliphatic rings. The van der Waals surface area contributed by atoms with Crippen LogP contribution in [0.4, 0.5) is 9.59 Å². The topological polar surface area (TPSA) is 141 Å². The van der Waals surface area contributed by atoms with Crippen molar-refractivity contribution in [2.24, 2.45) is 11.8 Å². The summed E-state index contributed by atoms with van der Waals surface area (Å²) in [4.78, 5) is 40.3. The van der Waals surface area contributed by atoms with Crippen LogP contribution in [0.3, 0.4) is 0 Å². The van der Waals surface area contributed by atoms with Crippen LogP contribution in [0.15, 0.2) is 24.8 Å². The van der Waals surface area contributed by atoms with Gasteiger partial charge in [-0.15, -0.1) is 4.72 Å². The maximum absolute atomic E-state index is 13.8. The zero-order chi connectivity index (χ0) is 35.7. The first kappa shape index (κ1) is 40.8. The minimum Gasteiger partial charge on any atom is -0.598 e. The summed E-state index contributed by atoms with van der Waals surface area (Å²) in [5.41, 5.74) is -0.719. The molecule has 2 rings (SSSR count). The molecule has 1 aromatic carbocycles. The van der Waals surface area contributed by atoms with Crippen LogP contribution in [-0.4, -0.2) is 76.3 Å². The third-order valence-corrected chi connectivity index (χ3v) is 9.29. The van der Waals surface area contributed by atoms with Crippen LogP contribution in [-0.2, 0) is 25.6 Å². The van der Waals surface area contributed by atoms with Crippen LogP contribution in [0.5, 0.6) is 5.75 Å². The second-order valence-electron chi connectivity index (χ2n) is 14.5. The van der Waals surface area contributed by atoms with Crippen molar-refractivity contribution >= 4 is 52.7 Å². The van der Waals surface area contributed by atoms with Gasteiger partial charge in [0, 0.05) is 49.2 Å². The Morgan fingerprint density at radius 2 is 1.45 bits per heavy atom. The number of rotatable bonds is 12. The molecule has 0 radical (unpaired) electrons. The molecule has 0 aromatic heterocycles. The van der Waals surface area contributed by atoms with Gasteiger partial charge in [0.2, 0.25) is 5.91 Å². The van der Waals surface area contributed by atoms with Gasteiger partial charge in [-0.2, -0.15) is 0 Å². The molecule has 1 aliphatic heterocycles. The fourth-order valence-corrected chi connectivity index (χ4v) is 6.00. The van der Waals surface area contributed by atoms with E-state index in [1.807, 2.05) is 20.8 Å². The van der Waals surface area contributed by atoms with E-state index in [9.17, 15) is 18.9 Å². The number of nitrogens with one attached hydrogen (secondary N) is 3. The van der Waals surface area contributed by atoms with Crippen molar-refractivity contribution in [1.82, 2.24) is 20.3 Å². The summed E-state index contributed by atoms with van der Waals surface area (Å²) in [5.74, 6) is -0.555. The number of ether oxygens (including phenoxy) is 3. The third kappa shape index (κ3) is 13.9. The van der Waals surface area contributed by atoms with Crippen molar-refractivity contribution in [3.05, 3.63) is 40.4 Å². The number of alkyl carbamates (subject to hydrolysis) is 2. The quantitative estimate of drug-likeness (QED) is 0.163. The maximum atomic E-state index is 13.8. The van der Waals surface area contributed by atoms with E-state index in [0.29, 0.717) is 47.3 Å². The molecular formula is C33H52Cl2N4O7S. The highest BCUT2D eigenvalue weighted by atomic mass is 35.5. The summed E-state index contributed by atoms with van der Waals surface area (Å²) in [6, 6.07) is 2.95. The van der Waals surface area contributed by atoms with E-state index < -0.39 is 51.5 Å². The van der Waals surface area contributed by atoms with Gasteiger partial charge < -0.3 is 34.3 Å². The minimum absolute atomic E-state index is 0.0492. The molecule has 1 saturated heterocycles. The van der Waals surface area contributed by atoms with E-state index >= 15 is 0 Å². The highest BCUT2D eigenvalue weighted by molar-refractivity contribution is 7.90. The number of amides is 3. The molecule has 47 heavy (non-hydrogen) atoms. The molecule has 14 heteroatoms. The van der Waals surface area contributed by atoms with Crippen LogP contribution in [0.1, 0.15) is 86.8 Å². The van der Waals surface area contributed by atoms with Gasteiger partial charge in [-0.05, 0) is 87.1 Å². The number of nitrogens with zero attached hydrogens (tertiary/aromatic N) is 1. The normalized spacial score (nSPS) is 15.9. The molecule has 3 amide bonds. The SMILES string of the molecule is C=CCOc1cc(Cl)c(Cl)cc1[C@H](N[S@@+]([O-])C(C)(C)C)C1CCN(C(=O)C(CNC(=O)OC(C)(C)C)CNC(=O)OC(C)(C)C)CC1. The minimum atomic E-state index is -1.44. The summed E-state index contributed by atoms with van der Waals surface area (Å²) < 4.78 is 32.8. The lowest BCUT2D eigenvalue weighted by Crippen LogP contribution is -2.51. The highest BCUT2D eigenvalue weighted by Crippen LogP contribution is 2.41. The number of hydrogen-bond donors (Lipinski definition) is 3. The smallest absolute Gasteiger partial charge is 0.407 e. The van der Waals surface area contributed by atoms with Gasteiger partial charge in [0.05, 0.1) is 22.0 Å².